The summed E-state index contributed by atoms with van der Waals surface area (Å²) >= 11 is 0. The van der Waals surface area contributed by atoms with Gasteiger partial charge in [-0.05, 0) is 19.1 Å². The van der Waals surface area contributed by atoms with Crippen molar-refractivity contribution >= 4 is 11.0 Å². The largest absolute Gasteiger partial charge is 0.508 e. The average Bonchev–Trinajstić information content (AvgIpc) is 2.46. The SMILES string of the molecule is CCn1nnc2cc(O)ccc21. The fourth-order valence-corrected chi connectivity index (χ4v) is 1.19. The Kier molecular flexibility index (Phi) is 1.46. The van der Waals surface area contributed by atoms with E-state index in [4.69, 9.17) is 5.11 Å². The lowest BCUT2D eigenvalue weighted by Crippen LogP contribution is -1.95. The molecule has 4 heteroatoms. The first-order valence-electron chi connectivity index (χ1n) is 3.83. The number of rotatable bonds is 1. The summed E-state index contributed by atoms with van der Waals surface area (Å²) in [4.78, 5) is 0. The van der Waals surface area contributed by atoms with Gasteiger partial charge in [-0.25, -0.2) is 4.68 Å². The number of benzene rings is 1. The Morgan fingerprint density at radius 1 is 1.50 bits per heavy atom. The Morgan fingerprint density at radius 3 is 3.08 bits per heavy atom. The van der Waals surface area contributed by atoms with Gasteiger partial charge in [0.15, 0.2) is 0 Å². The van der Waals surface area contributed by atoms with Crippen LogP contribution in [0.2, 0.25) is 0 Å². The number of aromatic nitrogens is 3. The maximum atomic E-state index is 9.14. The zero-order chi connectivity index (χ0) is 8.55. The maximum Gasteiger partial charge on any atom is 0.117 e. The van der Waals surface area contributed by atoms with Crippen molar-refractivity contribution in [3.8, 4) is 5.75 Å². The van der Waals surface area contributed by atoms with Crippen molar-refractivity contribution in [2.24, 2.45) is 0 Å². The van der Waals surface area contributed by atoms with Crippen LogP contribution in [0.5, 0.6) is 5.75 Å². The molecule has 1 heterocycles. The highest BCUT2D eigenvalue weighted by Gasteiger charge is 2.01. The minimum atomic E-state index is 0.227. The molecular weight excluding hydrogens is 154 g/mol. The number of aromatic hydroxyl groups is 1. The topological polar surface area (TPSA) is 50.9 Å². The molecule has 0 spiro atoms. The fourth-order valence-electron chi connectivity index (χ4n) is 1.19. The Hall–Kier alpha value is -1.58. The van der Waals surface area contributed by atoms with Crippen LogP contribution in [0.1, 0.15) is 6.92 Å². The quantitative estimate of drug-likeness (QED) is 0.686. The van der Waals surface area contributed by atoms with Crippen LogP contribution >= 0.6 is 0 Å². The number of aryl methyl sites for hydroxylation is 1. The minimum absolute atomic E-state index is 0.227. The number of phenols is 1. The summed E-state index contributed by atoms with van der Waals surface area (Å²) in [6.07, 6.45) is 0. The van der Waals surface area contributed by atoms with Gasteiger partial charge in [0, 0.05) is 12.6 Å². The van der Waals surface area contributed by atoms with Gasteiger partial charge in [0.2, 0.25) is 0 Å². The smallest absolute Gasteiger partial charge is 0.117 e. The van der Waals surface area contributed by atoms with Crippen LogP contribution in [0, 0.1) is 0 Å². The first kappa shape index (κ1) is 7.09. The molecule has 12 heavy (non-hydrogen) atoms. The summed E-state index contributed by atoms with van der Waals surface area (Å²) in [7, 11) is 0. The molecule has 0 aliphatic carbocycles. The van der Waals surface area contributed by atoms with E-state index in [0.717, 1.165) is 17.6 Å². The van der Waals surface area contributed by atoms with Crippen LogP contribution < -0.4 is 0 Å². The van der Waals surface area contributed by atoms with Crippen LogP contribution in [0.25, 0.3) is 11.0 Å². The van der Waals surface area contributed by atoms with Crippen LogP contribution in [0.4, 0.5) is 0 Å². The van der Waals surface area contributed by atoms with Crippen molar-refractivity contribution in [3.63, 3.8) is 0 Å². The normalized spacial score (nSPS) is 10.8. The second-order valence-electron chi connectivity index (χ2n) is 2.58. The number of phenolic OH excluding ortho intramolecular Hbond substituents is 1. The van der Waals surface area contributed by atoms with E-state index in [1.807, 2.05) is 13.0 Å². The molecule has 0 amide bonds. The van der Waals surface area contributed by atoms with Crippen LogP contribution in [0.15, 0.2) is 18.2 Å². The molecule has 0 aliphatic rings. The van der Waals surface area contributed by atoms with E-state index in [2.05, 4.69) is 10.3 Å². The highest BCUT2D eigenvalue weighted by molar-refractivity contribution is 5.75. The van der Waals surface area contributed by atoms with Crippen molar-refractivity contribution in [2.75, 3.05) is 0 Å². The molecule has 0 atom stereocenters. The van der Waals surface area contributed by atoms with Crippen LogP contribution in [-0.2, 0) is 6.54 Å². The van der Waals surface area contributed by atoms with Crippen LogP contribution in [0.3, 0.4) is 0 Å². The maximum absolute atomic E-state index is 9.14. The van der Waals surface area contributed by atoms with E-state index in [0.29, 0.717) is 0 Å². The van der Waals surface area contributed by atoms with E-state index in [-0.39, 0.29) is 5.75 Å². The molecule has 0 saturated heterocycles. The van der Waals surface area contributed by atoms with Crippen LogP contribution in [-0.4, -0.2) is 20.1 Å². The zero-order valence-corrected chi connectivity index (χ0v) is 6.73. The third-order valence-electron chi connectivity index (χ3n) is 1.80. The van der Waals surface area contributed by atoms with Crippen molar-refractivity contribution in [2.45, 2.75) is 13.5 Å². The Morgan fingerprint density at radius 2 is 2.33 bits per heavy atom. The fraction of sp³-hybridized carbons (Fsp3) is 0.250. The molecule has 2 rings (SSSR count). The van der Waals surface area contributed by atoms with Gasteiger partial charge < -0.3 is 5.11 Å². The Bertz CT molecular complexity index is 408. The van der Waals surface area contributed by atoms with Gasteiger partial charge in [-0.3, -0.25) is 0 Å². The lowest BCUT2D eigenvalue weighted by Gasteiger charge is -1.95. The summed E-state index contributed by atoms with van der Waals surface area (Å²) in [5.41, 5.74) is 1.69. The molecule has 1 N–H and O–H groups in total. The molecule has 0 radical (unpaired) electrons. The molecule has 0 saturated carbocycles. The lowest BCUT2D eigenvalue weighted by molar-refractivity contribution is 0.476. The highest BCUT2D eigenvalue weighted by Crippen LogP contribution is 2.16. The van der Waals surface area contributed by atoms with E-state index in [1.165, 1.54) is 0 Å². The molecule has 1 aromatic carbocycles. The summed E-state index contributed by atoms with van der Waals surface area (Å²) < 4.78 is 1.79. The van der Waals surface area contributed by atoms with E-state index < -0.39 is 0 Å². The second kappa shape index (κ2) is 2.48. The van der Waals surface area contributed by atoms with Gasteiger partial charge in [-0.1, -0.05) is 5.21 Å². The monoisotopic (exact) mass is 163 g/mol. The highest BCUT2D eigenvalue weighted by atomic mass is 16.3. The predicted octanol–water partition coefficient (Wildman–Crippen LogP) is 1.16. The van der Waals surface area contributed by atoms with E-state index in [9.17, 15) is 0 Å². The molecule has 4 nitrogen and oxygen atoms in total. The van der Waals surface area contributed by atoms with Crippen molar-refractivity contribution < 1.29 is 5.11 Å². The Balaban J connectivity index is 2.73. The van der Waals surface area contributed by atoms with Crippen molar-refractivity contribution in [3.05, 3.63) is 18.2 Å². The lowest BCUT2D eigenvalue weighted by atomic mass is 10.3. The van der Waals surface area contributed by atoms with E-state index in [1.54, 1.807) is 16.8 Å². The molecule has 2 aromatic rings. The minimum Gasteiger partial charge on any atom is -0.508 e. The number of nitrogens with zero attached hydrogens (tertiary/aromatic N) is 3. The zero-order valence-electron chi connectivity index (χ0n) is 6.73. The summed E-state index contributed by atoms with van der Waals surface area (Å²) in [5.74, 6) is 0.227. The van der Waals surface area contributed by atoms with Crippen molar-refractivity contribution in [1.82, 2.24) is 15.0 Å². The van der Waals surface area contributed by atoms with Gasteiger partial charge in [0.1, 0.15) is 11.3 Å². The molecule has 0 fully saturated rings. The first-order chi connectivity index (χ1) is 5.81. The number of hydrogen-bond donors (Lipinski definition) is 1. The third-order valence-corrected chi connectivity index (χ3v) is 1.80. The number of fused-ring (bicyclic) bond motifs is 1. The summed E-state index contributed by atoms with van der Waals surface area (Å²) in [5, 5.41) is 16.9. The standard InChI is InChI=1S/C8H9N3O/c1-2-11-8-4-3-6(12)5-7(8)9-10-11/h3-5,12H,2H2,1H3. The molecule has 62 valence electrons. The first-order valence-corrected chi connectivity index (χ1v) is 3.83. The van der Waals surface area contributed by atoms with Gasteiger partial charge in [0.25, 0.3) is 0 Å². The number of hydrogen-bond acceptors (Lipinski definition) is 3. The predicted molar refractivity (Wildman–Crippen MR) is 44.9 cm³/mol. The molecule has 1 aromatic heterocycles. The van der Waals surface area contributed by atoms with Gasteiger partial charge in [-0.2, -0.15) is 0 Å². The Labute approximate surface area is 69.4 Å². The molecule has 0 unspecified atom stereocenters. The van der Waals surface area contributed by atoms with Gasteiger partial charge in [0.05, 0.1) is 5.52 Å². The third kappa shape index (κ3) is 0.922. The molecule has 0 aliphatic heterocycles. The van der Waals surface area contributed by atoms with Gasteiger partial charge >= 0.3 is 0 Å². The molecule has 0 bridgehead atoms. The van der Waals surface area contributed by atoms with Gasteiger partial charge in [-0.15, -0.1) is 5.10 Å². The average molecular weight is 163 g/mol. The van der Waals surface area contributed by atoms with Crippen molar-refractivity contribution in [1.29, 1.82) is 0 Å². The molecular formula is C8H9N3O. The van der Waals surface area contributed by atoms with E-state index >= 15 is 0 Å². The second-order valence-corrected chi connectivity index (χ2v) is 2.58. The summed E-state index contributed by atoms with van der Waals surface area (Å²) in [6, 6.07) is 5.06. The summed E-state index contributed by atoms with van der Waals surface area (Å²) in [6.45, 7) is 2.79.